The molecule has 0 amide bonds. The van der Waals surface area contributed by atoms with Gasteiger partial charge in [-0.1, -0.05) is 12.1 Å². The van der Waals surface area contributed by atoms with Crippen LogP contribution in [-0.2, 0) is 6.61 Å². The Hall–Kier alpha value is -2.43. The van der Waals surface area contributed by atoms with E-state index in [1.165, 1.54) is 6.07 Å². The lowest BCUT2D eigenvalue weighted by Gasteiger charge is -2.20. The summed E-state index contributed by atoms with van der Waals surface area (Å²) in [5.74, 6) is -0.590. The minimum atomic E-state index is -0.993. The average molecular weight is 228 g/mol. The van der Waals surface area contributed by atoms with E-state index < -0.39 is 5.97 Å². The summed E-state index contributed by atoms with van der Waals surface area (Å²) in [6.45, 7) is 0.250. The van der Waals surface area contributed by atoms with Gasteiger partial charge in [-0.15, -0.1) is 0 Å². The molecule has 0 saturated heterocycles. The molecule has 5 heteroatoms. The first-order valence-corrected chi connectivity index (χ1v) is 5.07. The lowest BCUT2D eigenvalue weighted by atomic mass is 9.99. The van der Waals surface area contributed by atoms with Crippen molar-refractivity contribution in [1.29, 1.82) is 0 Å². The molecule has 1 N–H and O–H groups in total. The van der Waals surface area contributed by atoms with Gasteiger partial charge in [-0.05, 0) is 12.1 Å². The van der Waals surface area contributed by atoms with Crippen molar-refractivity contribution in [3.8, 4) is 16.9 Å². The van der Waals surface area contributed by atoms with Gasteiger partial charge < -0.3 is 9.84 Å². The maximum atomic E-state index is 11.1. The van der Waals surface area contributed by atoms with Crippen LogP contribution in [0.4, 0.5) is 0 Å². The number of nitrogens with zero attached hydrogens (tertiary/aromatic N) is 2. The highest BCUT2D eigenvalue weighted by Crippen LogP contribution is 2.38. The van der Waals surface area contributed by atoms with Crippen molar-refractivity contribution in [3.63, 3.8) is 0 Å². The topological polar surface area (TPSA) is 72.3 Å². The number of aromatic nitrogens is 2. The van der Waals surface area contributed by atoms with Crippen LogP contribution in [0.5, 0.6) is 5.75 Å². The smallest absolute Gasteiger partial charge is 0.339 e. The number of para-hydroxylation sites is 1. The summed E-state index contributed by atoms with van der Waals surface area (Å²) in [5.41, 5.74) is 2.53. The van der Waals surface area contributed by atoms with Crippen LogP contribution in [0.3, 0.4) is 0 Å². The maximum Gasteiger partial charge on any atom is 0.339 e. The van der Waals surface area contributed by atoms with E-state index in [0.717, 1.165) is 16.8 Å². The van der Waals surface area contributed by atoms with E-state index in [2.05, 4.69) is 10.2 Å². The van der Waals surface area contributed by atoms with E-state index in [1.807, 2.05) is 12.1 Å². The molecular weight excluding hydrogens is 220 g/mol. The van der Waals surface area contributed by atoms with Gasteiger partial charge in [0.25, 0.3) is 0 Å². The molecule has 5 nitrogen and oxygen atoms in total. The zero-order chi connectivity index (χ0) is 11.8. The molecule has 1 aromatic heterocycles. The highest BCUT2D eigenvalue weighted by Gasteiger charge is 2.23. The molecule has 84 valence electrons. The Morgan fingerprint density at radius 3 is 3.00 bits per heavy atom. The van der Waals surface area contributed by atoms with Crippen LogP contribution in [-0.4, -0.2) is 21.3 Å². The zero-order valence-corrected chi connectivity index (χ0v) is 8.75. The van der Waals surface area contributed by atoms with E-state index in [0.29, 0.717) is 5.75 Å². The highest BCUT2D eigenvalue weighted by molar-refractivity contribution is 5.94. The summed E-state index contributed by atoms with van der Waals surface area (Å²) < 4.78 is 5.46. The third-order valence-corrected chi connectivity index (χ3v) is 2.69. The second-order valence-electron chi connectivity index (χ2n) is 3.67. The zero-order valence-electron chi connectivity index (χ0n) is 8.75. The van der Waals surface area contributed by atoms with E-state index in [4.69, 9.17) is 9.84 Å². The molecule has 1 aliphatic rings. The standard InChI is InChI=1S/C12H8N2O3/c15-12(16)9-3-1-2-8-7-4-5-13-14-10(7)6-17-11(8)9/h1-5H,6H2,(H,15,16). The van der Waals surface area contributed by atoms with E-state index in [9.17, 15) is 4.79 Å². The van der Waals surface area contributed by atoms with Gasteiger partial charge in [0.1, 0.15) is 23.6 Å². The number of fused-ring (bicyclic) bond motifs is 3. The van der Waals surface area contributed by atoms with Crippen molar-refractivity contribution in [2.45, 2.75) is 6.61 Å². The molecular formula is C12H8N2O3. The average Bonchev–Trinajstić information content (AvgIpc) is 2.37. The van der Waals surface area contributed by atoms with Crippen molar-refractivity contribution in [2.24, 2.45) is 0 Å². The van der Waals surface area contributed by atoms with Gasteiger partial charge >= 0.3 is 5.97 Å². The number of hydrogen-bond acceptors (Lipinski definition) is 4. The van der Waals surface area contributed by atoms with Gasteiger partial charge in [-0.25, -0.2) is 4.79 Å². The van der Waals surface area contributed by atoms with Crippen LogP contribution < -0.4 is 4.74 Å². The molecule has 2 heterocycles. The summed E-state index contributed by atoms with van der Waals surface area (Å²) in [6.07, 6.45) is 1.58. The molecule has 0 radical (unpaired) electrons. The highest BCUT2D eigenvalue weighted by atomic mass is 16.5. The van der Waals surface area contributed by atoms with Crippen LogP contribution >= 0.6 is 0 Å². The third-order valence-electron chi connectivity index (χ3n) is 2.69. The van der Waals surface area contributed by atoms with Crippen molar-refractivity contribution in [2.75, 3.05) is 0 Å². The Morgan fingerprint density at radius 2 is 2.18 bits per heavy atom. The number of benzene rings is 1. The Kier molecular flexibility index (Phi) is 2.04. The number of hydrogen-bond donors (Lipinski definition) is 1. The van der Waals surface area contributed by atoms with E-state index in [1.54, 1.807) is 12.3 Å². The van der Waals surface area contributed by atoms with Gasteiger partial charge in [0, 0.05) is 11.1 Å². The van der Waals surface area contributed by atoms with Crippen molar-refractivity contribution >= 4 is 5.97 Å². The third kappa shape index (κ3) is 1.44. The minimum Gasteiger partial charge on any atom is -0.486 e. The first-order valence-electron chi connectivity index (χ1n) is 5.07. The van der Waals surface area contributed by atoms with Crippen LogP contribution in [0.2, 0.25) is 0 Å². The Morgan fingerprint density at radius 1 is 1.29 bits per heavy atom. The van der Waals surface area contributed by atoms with Gasteiger partial charge in [0.15, 0.2) is 0 Å². The molecule has 0 atom stereocenters. The van der Waals surface area contributed by atoms with Gasteiger partial charge in [-0.3, -0.25) is 0 Å². The summed E-state index contributed by atoms with van der Waals surface area (Å²) >= 11 is 0. The summed E-state index contributed by atoms with van der Waals surface area (Å²) in [7, 11) is 0. The summed E-state index contributed by atoms with van der Waals surface area (Å²) in [5, 5.41) is 16.8. The van der Waals surface area contributed by atoms with Crippen LogP contribution in [0.1, 0.15) is 16.1 Å². The first kappa shape index (κ1) is 9.77. The minimum absolute atomic E-state index is 0.171. The Labute approximate surface area is 96.7 Å². The monoisotopic (exact) mass is 228 g/mol. The Balaban J connectivity index is 2.27. The number of carbonyl (C=O) groups is 1. The molecule has 0 bridgehead atoms. The van der Waals surface area contributed by atoms with Crippen LogP contribution in [0, 0.1) is 0 Å². The lowest BCUT2D eigenvalue weighted by Crippen LogP contribution is -2.11. The molecule has 1 aromatic carbocycles. The lowest BCUT2D eigenvalue weighted by molar-refractivity contribution is 0.0691. The fourth-order valence-corrected chi connectivity index (χ4v) is 1.93. The molecule has 0 aliphatic carbocycles. The molecule has 0 unspecified atom stereocenters. The van der Waals surface area contributed by atoms with E-state index in [-0.39, 0.29) is 12.2 Å². The predicted octanol–water partition coefficient (Wildman–Crippen LogP) is 1.73. The number of carboxylic acid groups (broad SMARTS) is 1. The van der Waals surface area contributed by atoms with Crippen molar-refractivity contribution in [3.05, 3.63) is 41.7 Å². The quantitative estimate of drug-likeness (QED) is 0.804. The fourth-order valence-electron chi connectivity index (χ4n) is 1.93. The van der Waals surface area contributed by atoms with Gasteiger partial charge in [0.05, 0.1) is 6.20 Å². The normalized spacial score (nSPS) is 12.2. The number of rotatable bonds is 1. The summed E-state index contributed by atoms with van der Waals surface area (Å²) in [6, 6.07) is 6.86. The van der Waals surface area contributed by atoms with Crippen LogP contribution in [0.15, 0.2) is 30.5 Å². The molecule has 3 rings (SSSR count). The van der Waals surface area contributed by atoms with E-state index >= 15 is 0 Å². The van der Waals surface area contributed by atoms with Crippen molar-refractivity contribution in [1.82, 2.24) is 10.2 Å². The largest absolute Gasteiger partial charge is 0.486 e. The molecule has 1 aliphatic heterocycles. The maximum absolute atomic E-state index is 11.1. The SMILES string of the molecule is O=C(O)c1cccc2c1OCc1nnccc1-2. The number of carboxylic acids is 1. The summed E-state index contributed by atoms with van der Waals surface area (Å²) in [4.78, 5) is 11.1. The van der Waals surface area contributed by atoms with Crippen LogP contribution in [0.25, 0.3) is 11.1 Å². The molecule has 0 saturated carbocycles. The number of ether oxygens (including phenoxy) is 1. The number of aromatic carboxylic acids is 1. The Bertz CT molecular complexity index is 610. The second kappa shape index (κ2) is 3.55. The molecule has 2 aromatic rings. The van der Waals surface area contributed by atoms with Gasteiger partial charge in [0.2, 0.25) is 0 Å². The second-order valence-corrected chi connectivity index (χ2v) is 3.67. The van der Waals surface area contributed by atoms with Gasteiger partial charge in [-0.2, -0.15) is 10.2 Å². The molecule has 0 fully saturated rings. The first-order chi connectivity index (χ1) is 8.27. The predicted molar refractivity (Wildman–Crippen MR) is 58.8 cm³/mol. The fraction of sp³-hybridized carbons (Fsp3) is 0.0833. The molecule has 17 heavy (non-hydrogen) atoms. The van der Waals surface area contributed by atoms with Crippen molar-refractivity contribution < 1.29 is 14.6 Å². The molecule has 0 spiro atoms.